The fourth-order valence-corrected chi connectivity index (χ4v) is 4.25. The van der Waals surface area contributed by atoms with Gasteiger partial charge in [-0.25, -0.2) is 27.0 Å². The predicted molar refractivity (Wildman–Crippen MR) is 119 cm³/mol. The molecule has 2 aromatic heterocycles. The van der Waals surface area contributed by atoms with Gasteiger partial charge in [-0.3, -0.25) is 0 Å². The van der Waals surface area contributed by atoms with E-state index in [1.54, 1.807) is 49.5 Å². The molecule has 0 spiro atoms. The number of aromatic carboxylic acids is 2. The maximum absolute atomic E-state index is 12.5. The van der Waals surface area contributed by atoms with E-state index < -0.39 is 22.0 Å². The van der Waals surface area contributed by atoms with Gasteiger partial charge in [-0.05, 0) is 61.9 Å². The summed E-state index contributed by atoms with van der Waals surface area (Å²) in [5, 5.41) is 18.1. The first-order valence-corrected chi connectivity index (χ1v) is 10.9. The molecule has 2 aromatic carbocycles. The van der Waals surface area contributed by atoms with Crippen LogP contribution in [0.3, 0.4) is 0 Å². The molecule has 9 heteroatoms. The summed E-state index contributed by atoms with van der Waals surface area (Å²) in [6, 6.07) is 16.2. The highest BCUT2D eigenvalue weighted by molar-refractivity contribution is 7.90. The van der Waals surface area contributed by atoms with Gasteiger partial charge in [-0.1, -0.05) is 23.8 Å². The minimum absolute atomic E-state index is 0.0111. The zero-order valence-corrected chi connectivity index (χ0v) is 18.1. The molecule has 0 aliphatic carbocycles. The molecule has 0 saturated heterocycles. The van der Waals surface area contributed by atoms with Crippen molar-refractivity contribution in [3.63, 3.8) is 0 Å². The topological polar surface area (TPSA) is 127 Å². The summed E-state index contributed by atoms with van der Waals surface area (Å²) in [4.78, 5) is 25.5. The zero-order valence-electron chi connectivity index (χ0n) is 17.3. The molecule has 0 unspecified atom stereocenters. The van der Waals surface area contributed by atoms with Gasteiger partial charge >= 0.3 is 11.9 Å². The van der Waals surface area contributed by atoms with E-state index in [-0.39, 0.29) is 16.0 Å². The predicted octanol–water partition coefficient (Wildman–Crippen LogP) is 3.97. The van der Waals surface area contributed by atoms with Crippen LogP contribution < -0.4 is 0 Å². The molecule has 8 nitrogen and oxygen atoms in total. The number of hydrogen-bond donors (Lipinski definition) is 2. The van der Waals surface area contributed by atoms with Gasteiger partial charge in [0.2, 0.25) is 0 Å². The van der Waals surface area contributed by atoms with Crippen LogP contribution in [0.1, 0.15) is 31.8 Å². The van der Waals surface area contributed by atoms with Gasteiger partial charge in [0.05, 0.1) is 16.0 Å². The maximum atomic E-state index is 12.5. The third-order valence-electron chi connectivity index (χ3n) is 4.71. The van der Waals surface area contributed by atoms with Crippen LogP contribution >= 0.6 is 0 Å². The molecule has 2 N–H and O–H groups in total. The van der Waals surface area contributed by atoms with E-state index in [1.807, 2.05) is 13.0 Å². The van der Waals surface area contributed by atoms with Crippen molar-refractivity contribution >= 4 is 33.0 Å². The van der Waals surface area contributed by atoms with Crippen LogP contribution in [0.4, 0.5) is 0 Å². The first-order chi connectivity index (χ1) is 15.1. The third-order valence-corrected chi connectivity index (χ3v) is 6.39. The van der Waals surface area contributed by atoms with E-state index in [1.165, 1.54) is 22.3 Å². The standard InChI is InChI=1S/C14H12N2O2S.C9H8O4/c1-11-4-6-13(7-5-11)19(17,18)16-10-8-12-3-2-9-15-14(12)16;1-5-2-3-6(8(10)11)4-7(5)9(12)13/h2-10H,1H3;2-4H,1H3,(H,10,11)(H,12,13). The number of benzene rings is 2. The number of carbonyl (C=O) groups is 2. The van der Waals surface area contributed by atoms with Crippen molar-refractivity contribution in [2.45, 2.75) is 18.7 Å². The number of carboxylic acids is 2. The lowest BCUT2D eigenvalue weighted by atomic mass is 10.1. The van der Waals surface area contributed by atoms with Crippen molar-refractivity contribution in [2.75, 3.05) is 0 Å². The number of aromatic nitrogens is 2. The second kappa shape index (κ2) is 9.03. The van der Waals surface area contributed by atoms with E-state index >= 15 is 0 Å². The fraction of sp³-hybridized carbons (Fsp3) is 0.0870. The van der Waals surface area contributed by atoms with Gasteiger partial charge in [0.1, 0.15) is 0 Å². The van der Waals surface area contributed by atoms with Crippen molar-refractivity contribution in [3.8, 4) is 0 Å². The molecule has 0 saturated carbocycles. The Labute approximate surface area is 184 Å². The summed E-state index contributed by atoms with van der Waals surface area (Å²) in [7, 11) is -3.58. The van der Waals surface area contributed by atoms with Crippen molar-refractivity contribution < 1.29 is 28.2 Å². The lowest BCUT2D eigenvalue weighted by Crippen LogP contribution is -2.12. The Morgan fingerprint density at radius 1 is 0.906 bits per heavy atom. The van der Waals surface area contributed by atoms with E-state index in [9.17, 15) is 18.0 Å². The summed E-state index contributed by atoms with van der Waals surface area (Å²) < 4.78 is 26.3. The van der Waals surface area contributed by atoms with Gasteiger partial charge in [-0.15, -0.1) is 0 Å². The average Bonchev–Trinajstić information content (AvgIpc) is 3.19. The van der Waals surface area contributed by atoms with Crippen LogP contribution in [0.15, 0.2) is 78.0 Å². The molecule has 0 fully saturated rings. The average molecular weight is 452 g/mol. The van der Waals surface area contributed by atoms with Gasteiger partial charge in [0, 0.05) is 17.8 Å². The smallest absolute Gasteiger partial charge is 0.335 e. The van der Waals surface area contributed by atoms with Gasteiger partial charge in [0.25, 0.3) is 10.0 Å². The van der Waals surface area contributed by atoms with Crippen molar-refractivity contribution in [2.24, 2.45) is 0 Å². The first kappa shape index (κ1) is 22.7. The highest BCUT2D eigenvalue weighted by atomic mass is 32.2. The summed E-state index contributed by atoms with van der Waals surface area (Å²) in [5.41, 5.74) is 2.04. The second-order valence-corrected chi connectivity index (χ2v) is 8.80. The lowest BCUT2D eigenvalue weighted by Gasteiger charge is -2.07. The fourth-order valence-electron chi connectivity index (χ4n) is 2.95. The lowest BCUT2D eigenvalue weighted by molar-refractivity contribution is 0.0695. The van der Waals surface area contributed by atoms with Crippen LogP contribution in [0.2, 0.25) is 0 Å². The number of fused-ring (bicyclic) bond motifs is 1. The van der Waals surface area contributed by atoms with E-state index in [0.717, 1.165) is 17.0 Å². The SMILES string of the molecule is Cc1ccc(C(=O)O)cc1C(=O)O.Cc1ccc(S(=O)(=O)n2ccc3cccnc32)cc1. The van der Waals surface area contributed by atoms with Gasteiger partial charge < -0.3 is 10.2 Å². The van der Waals surface area contributed by atoms with E-state index in [0.29, 0.717) is 11.2 Å². The highest BCUT2D eigenvalue weighted by Gasteiger charge is 2.19. The first-order valence-electron chi connectivity index (χ1n) is 9.43. The number of carboxylic acid groups (broad SMARTS) is 2. The van der Waals surface area contributed by atoms with Crippen LogP contribution in [-0.2, 0) is 10.0 Å². The Hall–Kier alpha value is -3.98. The molecular formula is C23H20N2O6S. The Morgan fingerprint density at radius 2 is 1.59 bits per heavy atom. The molecule has 0 bridgehead atoms. The second-order valence-electron chi connectivity index (χ2n) is 6.99. The molecule has 0 radical (unpaired) electrons. The normalized spacial score (nSPS) is 10.9. The molecular weight excluding hydrogens is 432 g/mol. The monoisotopic (exact) mass is 452 g/mol. The van der Waals surface area contributed by atoms with E-state index in [2.05, 4.69) is 4.98 Å². The van der Waals surface area contributed by atoms with Gasteiger partial charge in [-0.2, -0.15) is 0 Å². The Balaban J connectivity index is 0.000000195. The summed E-state index contributed by atoms with van der Waals surface area (Å²) in [6.45, 7) is 3.54. The Bertz CT molecular complexity index is 1410. The number of nitrogens with zero attached hydrogens (tertiary/aromatic N) is 2. The summed E-state index contributed by atoms with van der Waals surface area (Å²) >= 11 is 0. The van der Waals surface area contributed by atoms with Gasteiger partial charge in [0.15, 0.2) is 5.65 Å². The van der Waals surface area contributed by atoms with Crippen molar-refractivity contribution in [1.29, 1.82) is 0 Å². The minimum atomic E-state index is -3.58. The quantitative estimate of drug-likeness (QED) is 0.480. The molecule has 32 heavy (non-hydrogen) atoms. The van der Waals surface area contributed by atoms with Crippen molar-refractivity contribution in [1.82, 2.24) is 8.96 Å². The van der Waals surface area contributed by atoms with Crippen LogP contribution in [0, 0.1) is 13.8 Å². The number of hydrogen-bond acceptors (Lipinski definition) is 5. The molecule has 4 rings (SSSR count). The Morgan fingerprint density at radius 3 is 2.22 bits per heavy atom. The molecule has 2 heterocycles. The minimum Gasteiger partial charge on any atom is -0.478 e. The number of rotatable bonds is 4. The molecule has 0 aliphatic heterocycles. The highest BCUT2D eigenvalue weighted by Crippen LogP contribution is 2.20. The zero-order chi connectivity index (χ0) is 23.5. The Kier molecular flexibility index (Phi) is 6.40. The summed E-state index contributed by atoms with van der Waals surface area (Å²) in [5.74, 6) is -2.23. The number of aryl methyl sites for hydroxylation is 2. The largest absolute Gasteiger partial charge is 0.478 e. The van der Waals surface area contributed by atoms with Crippen molar-refractivity contribution in [3.05, 3.63) is 95.3 Å². The number of pyridine rings is 1. The van der Waals surface area contributed by atoms with Crippen LogP contribution in [0.5, 0.6) is 0 Å². The third kappa shape index (κ3) is 4.68. The maximum Gasteiger partial charge on any atom is 0.335 e. The molecule has 164 valence electrons. The summed E-state index contributed by atoms with van der Waals surface area (Å²) in [6.07, 6.45) is 3.12. The van der Waals surface area contributed by atoms with E-state index in [4.69, 9.17) is 10.2 Å². The molecule has 0 amide bonds. The molecule has 0 atom stereocenters. The van der Waals surface area contributed by atoms with Crippen LogP contribution in [-0.4, -0.2) is 39.5 Å². The molecule has 4 aromatic rings. The van der Waals surface area contributed by atoms with Crippen LogP contribution in [0.25, 0.3) is 11.0 Å². The molecule has 0 aliphatic rings.